The number of halogens is 1. The van der Waals surface area contributed by atoms with Gasteiger partial charge in [-0.3, -0.25) is 4.90 Å². The van der Waals surface area contributed by atoms with Gasteiger partial charge in [0.1, 0.15) is 0 Å². The maximum Gasteiger partial charge on any atom is 0.0332 e. The third-order valence-corrected chi connectivity index (χ3v) is 6.30. The van der Waals surface area contributed by atoms with E-state index >= 15 is 0 Å². The minimum Gasteiger partial charge on any atom is -0.311 e. The fourth-order valence-corrected chi connectivity index (χ4v) is 4.79. The lowest BCUT2D eigenvalue weighted by molar-refractivity contribution is 0.0457. The van der Waals surface area contributed by atoms with Crippen LogP contribution in [0, 0.1) is 11.3 Å². The molecule has 2 heterocycles. The SMILES string of the molecule is CC(C)(C)C1CNC(C2CC2)CN1Cc1cc(Br)cs1. The molecule has 4 heteroatoms. The highest BCUT2D eigenvalue weighted by molar-refractivity contribution is 9.10. The Labute approximate surface area is 135 Å². The first-order valence-electron chi connectivity index (χ1n) is 7.64. The normalized spacial score (nSPS) is 28.8. The molecular weight excluding hydrogens is 332 g/mol. The lowest BCUT2D eigenvalue weighted by Crippen LogP contribution is -2.60. The van der Waals surface area contributed by atoms with Crippen LogP contribution in [0.25, 0.3) is 0 Å². The molecule has 0 amide bonds. The number of hydrogen-bond donors (Lipinski definition) is 1. The first kappa shape index (κ1) is 15.0. The van der Waals surface area contributed by atoms with Gasteiger partial charge in [-0.15, -0.1) is 11.3 Å². The maximum absolute atomic E-state index is 3.81. The van der Waals surface area contributed by atoms with Gasteiger partial charge in [0.15, 0.2) is 0 Å². The Balaban J connectivity index is 1.73. The second-order valence-electron chi connectivity index (χ2n) is 7.39. The molecule has 1 N–H and O–H groups in total. The van der Waals surface area contributed by atoms with Crippen molar-refractivity contribution in [2.75, 3.05) is 13.1 Å². The van der Waals surface area contributed by atoms with Gasteiger partial charge in [-0.25, -0.2) is 0 Å². The van der Waals surface area contributed by atoms with E-state index in [4.69, 9.17) is 0 Å². The molecule has 1 saturated carbocycles. The van der Waals surface area contributed by atoms with E-state index in [2.05, 4.69) is 58.4 Å². The van der Waals surface area contributed by atoms with Crippen molar-refractivity contribution in [3.05, 3.63) is 20.8 Å². The summed E-state index contributed by atoms with van der Waals surface area (Å²) in [6.07, 6.45) is 2.85. The van der Waals surface area contributed by atoms with Crippen molar-refractivity contribution in [2.24, 2.45) is 11.3 Å². The summed E-state index contributed by atoms with van der Waals surface area (Å²) in [4.78, 5) is 4.19. The summed E-state index contributed by atoms with van der Waals surface area (Å²) < 4.78 is 1.22. The fourth-order valence-electron chi connectivity index (χ4n) is 3.32. The minimum absolute atomic E-state index is 0.329. The van der Waals surface area contributed by atoms with Crippen LogP contribution in [0.1, 0.15) is 38.5 Å². The summed E-state index contributed by atoms with van der Waals surface area (Å²) in [5, 5.41) is 6.01. The van der Waals surface area contributed by atoms with Crippen LogP contribution in [0.15, 0.2) is 15.9 Å². The Bertz CT molecular complexity index is 461. The lowest BCUT2D eigenvalue weighted by atomic mass is 9.83. The van der Waals surface area contributed by atoms with E-state index in [1.807, 2.05) is 11.3 Å². The molecule has 0 aromatic carbocycles. The van der Waals surface area contributed by atoms with E-state index in [0.29, 0.717) is 11.5 Å². The number of piperazine rings is 1. The van der Waals surface area contributed by atoms with E-state index in [0.717, 1.165) is 25.0 Å². The third-order valence-electron chi connectivity index (χ3n) is 4.62. The topological polar surface area (TPSA) is 15.3 Å². The van der Waals surface area contributed by atoms with Crippen molar-refractivity contribution in [3.63, 3.8) is 0 Å². The summed E-state index contributed by atoms with van der Waals surface area (Å²) in [6.45, 7) is 10.6. The number of nitrogens with zero attached hydrogens (tertiary/aromatic N) is 1. The van der Waals surface area contributed by atoms with Gasteiger partial charge >= 0.3 is 0 Å². The summed E-state index contributed by atoms with van der Waals surface area (Å²) in [7, 11) is 0. The third kappa shape index (κ3) is 3.46. The zero-order valence-corrected chi connectivity index (χ0v) is 15.1. The van der Waals surface area contributed by atoms with Crippen LogP contribution in [0.2, 0.25) is 0 Å². The first-order valence-corrected chi connectivity index (χ1v) is 9.31. The molecule has 1 aromatic heterocycles. The highest BCUT2D eigenvalue weighted by Crippen LogP contribution is 2.37. The first-order chi connectivity index (χ1) is 9.43. The maximum atomic E-state index is 3.81. The quantitative estimate of drug-likeness (QED) is 0.876. The minimum atomic E-state index is 0.329. The van der Waals surface area contributed by atoms with Crippen LogP contribution >= 0.6 is 27.3 Å². The molecule has 1 aliphatic carbocycles. The largest absolute Gasteiger partial charge is 0.311 e. The van der Waals surface area contributed by atoms with Crippen LogP contribution in [-0.2, 0) is 6.54 Å². The molecule has 2 nitrogen and oxygen atoms in total. The van der Waals surface area contributed by atoms with Crippen LogP contribution < -0.4 is 5.32 Å². The molecule has 112 valence electrons. The Morgan fingerprint density at radius 3 is 2.70 bits per heavy atom. The van der Waals surface area contributed by atoms with E-state index < -0.39 is 0 Å². The molecule has 3 rings (SSSR count). The molecule has 2 atom stereocenters. The predicted molar refractivity (Wildman–Crippen MR) is 90.2 cm³/mol. The van der Waals surface area contributed by atoms with Gasteiger partial charge in [0.25, 0.3) is 0 Å². The highest BCUT2D eigenvalue weighted by Gasteiger charge is 2.40. The van der Waals surface area contributed by atoms with Crippen LogP contribution in [0.3, 0.4) is 0 Å². The molecule has 1 aliphatic heterocycles. The molecular formula is C16H25BrN2S. The fraction of sp³-hybridized carbons (Fsp3) is 0.750. The zero-order valence-electron chi connectivity index (χ0n) is 12.7. The standard InChI is InChI=1S/C16H25BrN2S/c1-16(2,3)15-7-18-14(11-4-5-11)9-19(15)8-13-6-12(17)10-20-13/h6,10-11,14-15,18H,4-5,7-9H2,1-3H3. The van der Waals surface area contributed by atoms with E-state index in [9.17, 15) is 0 Å². The van der Waals surface area contributed by atoms with Crippen molar-refractivity contribution in [2.45, 2.75) is 52.2 Å². The van der Waals surface area contributed by atoms with E-state index in [-0.39, 0.29) is 0 Å². The van der Waals surface area contributed by atoms with Crippen molar-refractivity contribution in [1.29, 1.82) is 0 Å². The van der Waals surface area contributed by atoms with Gasteiger partial charge in [-0.2, -0.15) is 0 Å². The second kappa shape index (κ2) is 5.71. The van der Waals surface area contributed by atoms with Gasteiger partial charge in [0, 0.05) is 46.4 Å². The monoisotopic (exact) mass is 356 g/mol. The Kier molecular flexibility index (Phi) is 4.29. The molecule has 0 bridgehead atoms. The molecule has 0 radical (unpaired) electrons. The summed E-state index contributed by atoms with van der Waals surface area (Å²) in [5.41, 5.74) is 0.329. The summed E-state index contributed by atoms with van der Waals surface area (Å²) >= 11 is 5.45. The van der Waals surface area contributed by atoms with Gasteiger partial charge in [-0.1, -0.05) is 20.8 Å². The average Bonchev–Trinajstić information content (AvgIpc) is 3.13. The van der Waals surface area contributed by atoms with Crippen LogP contribution in [0.5, 0.6) is 0 Å². The lowest BCUT2D eigenvalue weighted by Gasteiger charge is -2.46. The molecule has 1 aromatic rings. The van der Waals surface area contributed by atoms with Crippen molar-refractivity contribution in [1.82, 2.24) is 10.2 Å². The number of thiophene rings is 1. The van der Waals surface area contributed by atoms with Crippen molar-refractivity contribution < 1.29 is 0 Å². The molecule has 1 saturated heterocycles. The van der Waals surface area contributed by atoms with Gasteiger partial charge in [0.05, 0.1) is 0 Å². The average molecular weight is 357 g/mol. The van der Waals surface area contributed by atoms with E-state index in [1.54, 1.807) is 0 Å². The number of hydrogen-bond acceptors (Lipinski definition) is 3. The molecule has 2 fully saturated rings. The molecule has 2 unspecified atom stereocenters. The predicted octanol–water partition coefficient (Wildman–Crippen LogP) is 4.11. The molecule has 20 heavy (non-hydrogen) atoms. The smallest absolute Gasteiger partial charge is 0.0332 e. The number of nitrogens with one attached hydrogen (secondary N) is 1. The zero-order chi connectivity index (χ0) is 14.3. The highest BCUT2D eigenvalue weighted by atomic mass is 79.9. The molecule has 2 aliphatic rings. The Hall–Kier alpha value is 0.1000. The Morgan fingerprint density at radius 1 is 1.40 bits per heavy atom. The Morgan fingerprint density at radius 2 is 2.15 bits per heavy atom. The van der Waals surface area contributed by atoms with Gasteiger partial charge < -0.3 is 5.32 Å². The summed E-state index contributed by atoms with van der Waals surface area (Å²) in [6, 6.07) is 3.62. The second-order valence-corrected chi connectivity index (χ2v) is 9.31. The van der Waals surface area contributed by atoms with Crippen LogP contribution in [0.4, 0.5) is 0 Å². The summed E-state index contributed by atoms with van der Waals surface area (Å²) in [5.74, 6) is 0.938. The van der Waals surface area contributed by atoms with Crippen LogP contribution in [-0.4, -0.2) is 30.1 Å². The van der Waals surface area contributed by atoms with Crippen molar-refractivity contribution >= 4 is 27.3 Å². The van der Waals surface area contributed by atoms with Gasteiger partial charge in [0.2, 0.25) is 0 Å². The number of rotatable bonds is 3. The van der Waals surface area contributed by atoms with Gasteiger partial charge in [-0.05, 0) is 46.2 Å². The van der Waals surface area contributed by atoms with E-state index in [1.165, 1.54) is 28.7 Å². The van der Waals surface area contributed by atoms with Crippen molar-refractivity contribution in [3.8, 4) is 0 Å². The molecule has 0 spiro atoms.